The highest BCUT2D eigenvalue weighted by molar-refractivity contribution is 5.92. The standard InChI is InChI=1S/C18H21N5O2/c1-24-15-9-13-14(10-16(15)25-2)20-12-21-17(13)22-5-7-23(8-6-22)18(11-19)3-4-18/h9-10,12H,3-8H2,1-2H3. The summed E-state index contributed by atoms with van der Waals surface area (Å²) < 4.78 is 10.8. The minimum absolute atomic E-state index is 0.198. The molecule has 0 amide bonds. The molecule has 1 aromatic carbocycles. The first-order valence-corrected chi connectivity index (χ1v) is 8.49. The van der Waals surface area contributed by atoms with E-state index < -0.39 is 0 Å². The molecule has 0 radical (unpaired) electrons. The second-order valence-electron chi connectivity index (χ2n) is 6.54. The van der Waals surface area contributed by atoms with Gasteiger partial charge in [-0.05, 0) is 18.9 Å². The second kappa shape index (κ2) is 6.05. The molecule has 1 saturated heterocycles. The van der Waals surface area contributed by atoms with Gasteiger partial charge in [-0.1, -0.05) is 0 Å². The summed E-state index contributed by atoms with van der Waals surface area (Å²) in [5, 5.41) is 10.3. The lowest BCUT2D eigenvalue weighted by Crippen LogP contribution is -2.51. The van der Waals surface area contributed by atoms with Gasteiger partial charge < -0.3 is 14.4 Å². The van der Waals surface area contributed by atoms with E-state index in [2.05, 4.69) is 25.8 Å². The van der Waals surface area contributed by atoms with E-state index in [0.29, 0.717) is 11.5 Å². The first-order valence-electron chi connectivity index (χ1n) is 8.49. The van der Waals surface area contributed by atoms with Gasteiger partial charge in [-0.3, -0.25) is 4.90 Å². The highest BCUT2D eigenvalue weighted by Gasteiger charge is 2.49. The highest BCUT2D eigenvalue weighted by atomic mass is 16.5. The summed E-state index contributed by atoms with van der Waals surface area (Å²) in [4.78, 5) is 13.5. The Hall–Kier alpha value is -2.59. The van der Waals surface area contributed by atoms with Crippen molar-refractivity contribution in [2.24, 2.45) is 0 Å². The Morgan fingerprint density at radius 1 is 1.04 bits per heavy atom. The Labute approximate surface area is 146 Å². The topological polar surface area (TPSA) is 74.5 Å². The van der Waals surface area contributed by atoms with Crippen molar-refractivity contribution in [3.8, 4) is 17.6 Å². The molecule has 4 rings (SSSR count). The van der Waals surface area contributed by atoms with Gasteiger partial charge in [-0.2, -0.15) is 5.26 Å². The maximum atomic E-state index is 9.39. The molecule has 0 atom stereocenters. The Kier molecular flexibility index (Phi) is 3.85. The molecule has 0 N–H and O–H groups in total. The summed E-state index contributed by atoms with van der Waals surface area (Å²) in [6.45, 7) is 3.46. The third-order valence-electron chi connectivity index (χ3n) is 5.24. The van der Waals surface area contributed by atoms with Gasteiger partial charge in [0.15, 0.2) is 11.5 Å². The van der Waals surface area contributed by atoms with Crippen LogP contribution in [0.5, 0.6) is 11.5 Å². The van der Waals surface area contributed by atoms with Crippen LogP contribution in [-0.2, 0) is 0 Å². The lowest BCUT2D eigenvalue weighted by molar-refractivity contribution is 0.205. The van der Waals surface area contributed by atoms with E-state index in [1.807, 2.05) is 12.1 Å². The molecule has 2 aliphatic rings. The van der Waals surface area contributed by atoms with Crippen molar-refractivity contribution in [1.29, 1.82) is 5.26 Å². The summed E-state index contributed by atoms with van der Waals surface area (Å²) in [6.07, 6.45) is 3.58. The average Bonchev–Trinajstić information content (AvgIpc) is 3.48. The zero-order chi connectivity index (χ0) is 17.4. The Morgan fingerprint density at radius 3 is 2.32 bits per heavy atom. The predicted octanol–water partition coefficient (Wildman–Crippen LogP) is 1.83. The number of benzene rings is 1. The molecular formula is C18H21N5O2. The number of fused-ring (bicyclic) bond motifs is 1. The van der Waals surface area contributed by atoms with Crippen LogP contribution in [0.4, 0.5) is 5.82 Å². The largest absolute Gasteiger partial charge is 0.493 e. The molecule has 25 heavy (non-hydrogen) atoms. The van der Waals surface area contributed by atoms with Crippen LogP contribution < -0.4 is 14.4 Å². The Balaban J connectivity index is 1.63. The molecule has 2 fully saturated rings. The summed E-state index contributed by atoms with van der Waals surface area (Å²) in [5.41, 5.74) is 0.636. The lowest BCUT2D eigenvalue weighted by Gasteiger charge is -2.38. The van der Waals surface area contributed by atoms with E-state index in [9.17, 15) is 5.26 Å². The number of nitriles is 1. The molecule has 0 bridgehead atoms. The second-order valence-corrected chi connectivity index (χ2v) is 6.54. The van der Waals surface area contributed by atoms with Crippen molar-refractivity contribution < 1.29 is 9.47 Å². The van der Waals surface area contributed by atoms with Crippen molar-refractivity contribution in [2.45, 2.75) is 18.4 Å². The van der Waals surface area contributed by atoms with Gasteiger partial charge in [-0.25, -0.2) is 9.97 Å². The van der Waals surface area contributed by atoms with Crippen molar-refractivity contribution >= 4 is 16.7 Å². The number of anilines is 1. The quantitative estimate of drug-likeness (QED) is 0.841. The van der Waals surface area contributed by atoms with Crippen LogP contribution in [0.15, 0.2) is 18.5 Å². The van der Waals surface area contributed by atoms with E-state index >= 15 is 0 Å². The molecule has 1 aromatic heterocycles. The number of piperazine rings is 1. The number of hydrogen-bond acceptors (Lipinski definition) is 7. The van der Waals surface area contributed by atoms with Gasteiger partial charge in [0.1, 0.15) is 17.7 Å². The molecular weight excluding hydrogens is 318 g/mol. The molecule has 0 unspecified atom stereocenters. The minimum Gasteiger partial charge on any atom is -0.493 e. The fourth-order valence-corrected chi connectivity index (χ4v) is 3.58. The molecule has 1 saturated carbocycles. The number of ether oxygens (including phenoxy) is 2. The van der Waals surface area contributed by atoms with Crippen LogP contribution in [0.1, 0.15) is 12.8 Å². The van der Waals surface area contributed by atoms with Crippen LogP contribution in [-0.4, -0.2) is 60.8 Å². The number of methoxy groups -OCH3 is 2. The van der Waals surface area contributed by atoms with Crippen LogP contribution in [0.2, 0.25) is 0 Å². The smallest absolute Gasteiger partial charge is 0.162 e. The zero-order valence-electron chi connectivity index (χ0n) is 14.5. The summed E-state index contributed by atoms with van der Waals surface area (Å²) in [5.74, 6) is 2.24. The molecule has 7 nitrogen and oxygen atoms in total. The third kappa shape index (κ3) is 2.63. The monoisotopic (exact) mass is 339 g/mol. The average molecular weight is 339 g/mol. The first kappa shape index (κ1) is 15.9. The fourth-order valence-electron chi connectivity index (χ4n) is 3.58. The first-order chi connectivity index (χ1) is 12.2. The number of nitrogens with zero attached hydrogens (tertiary/aromatic N) is 5. The molecule has 130 valence electrons. The maximum Gasteiger partial charge on any atom is 0.162 e. The number of aromatic nitrogens is 2. The van der Waals surface area contributed by atoms with Gasteiger partial charge in [-0.15, -0.1) is 0 Å². The van der Waals surface area contributed by atoms with E-state index in [1.54, 1.807) is 20.5 Å². The normalized spacial score (nSPS) is 19.5. The predicted molar refractivity (Wildman–Crippen MR) is 94.0 cm³/mol. The molecule has 0 spiro atoms. The SMILES string of the molecule is COc1cc2ncnc(N3CCN(C4(C#N)CC4)CC3)c2cc1OC. The van der Waals surface area contributed by atoms with Crippen molar-refractivity contribution in [3.05, 3.63) is 18.5 Å². The fraction of sp³-hybridized carbons (Fsp3) is 0.500. The van der Waals surface area contributed by atoms with Crippen LogP contribution in [0, 0.1) is 11.3 Å². The van der Waals surface area contributed by atoms with Crippen LogP contribution in [0.25, 0.3) is 10.9 Å². The lowest BCUT2D eigenvalue weighted by atomic mass is 10.1. The van der Waals surface area contributed by atoms with Gasteiger partial charge in [0.25, 0.3) is 0 Å². The number of rotatable bonds is 4. The van der Waals surface area contributed by atoms with Crippen LogP contribution >= 0.6 is 0 Å². The Morgan fingerprint density at radius 2 is 1.72 bits per heavy atom. The minimum atomic E-state index is -0.198. The zero-order valence-corrected chi connectivity index (χ0v) is 14.5. The molecule has 2 heterocycles. The number of hydrogen-bond donors (Lipinski definition) is 0. The van der Waals surface area contributed by atoms with E-state index in [-0.39, 0.29) is 5.54 Å². The molecule has 2 aromatic rings. The van der Waals surface area contributed by atoms with E-state index in [0.717, 1.165) is 55.7 Å². The molecule has 1 aliphatic heterocycles. The van der Waals surface area contributed by atoms with Crippen molar-refractivity contribution in [1.82, 2.24) is 14.9 Å². The summed E-state index contributed by atoms with van der Waals surface area (Å²) in [6, 6.07) is 6.30. The molecule has 7 heteroatoms. The van der Waals surface area contributed by atoms with Gasteiger partial charge in [0.05, 0.1) is 25.8 Å². The highest BCUT2D eigenvalue weighted by Crippen LogP contribution is 2.42. The summed E-state index contributed by atoms with van der Waals surface area (Å²) >= 11 is 0. The third-order valence-corrected chi connectivity index (χ3v) is 5.24. The van der Waals surface area contributed by atoms with Crippen molar-refractivity contribution in [2.75, 3.05) is 45.3 Å². The molecule has 1 aliphatic carbocycles. The van der Waals surface area contributed by atoms with Crippen LogP contribution in [0.3, 0.4) is 0 Å². The van der Waals surface area contributed by atoms with E-state index in [4.69, 9.17) is 9.47 Å². The maximum absolute atomic E-state index is 9.39. The summed E-state index contributed by atoms with van der Waals surface area (Å²) in [7, 11) is 3.25. The Bertz CT molecular complexity index is 835. The van der Waals surface area contributed by atoms with E-state index in [1.165, 1.54) is 0 Å². The van der Waals surface area contributed by atoms with Crippen molar-refractivity contribution in [3.63, 3.8) is 0 Å². The van der Waals surface area contributed by atoms with Gasteiger partial charge >= 0.3 is 0 Å². The van der Waals surface area contributed by atoms with Gasteiger partial charge in [0, 0.05) is 37.6 Å². The van der Waals surface area contributed by atoms with Gasteiger partial charge in [0.2, 0.25) is 0 Å².